The van der Waals surface area contributed by atoms with Crippen LogP contribution in [0.5, 0.6) is 0 Å². The standard InChI is InChI=1S/C17H16S/c1-12-13(2)18-17-9-8-15(11-16(12)17)10-14-6-4-3-5-7-14/h3-9,11H,10H2,1-2H3. The predicted molar refractivity (Wildman–Crippen MR) is 80.5 cm³/mol. The summed E-state index contributed by atoms with van der Waals surface area (Å²) >= 11 is 1.89. The molecule has 3 rings (SSSR count). The zero-order chi connectivity index (χ0) is 12.5. The molecule has 0 N–H and O–H groups in total. The van der Waals surface area contributed by atoms with Gasteiger partial charge >= 0.3 is 0 Å². The fraction of sp³-hybridized carbons (Fsp3) is 0.176. The van der Waals surface area contributed by atoms with E-state index in [1.165, 1.54) is 31.7 Å². The fourth-order valence-corrected chi connectivity index (χ4v) is 3.38. The van der Waals surface area contributed by atoms with Crippen LogP contribution in [0.1, 0.15) is 21.6 Å². The van der Waals surface area contributed by atoms with Crippen molar-refractivity contribution in [1.29, 1.82) is 0 Å². The molecular weight excluding hydrogens is 236 g/mol. The van der Waals surface area contributed by atoms with E-state index in [-0.39, 0.29) is 0 Å². The minimum Gasteiger partial charge on any atom is -0.140 e. The number of hydrogen-bond acceptors (Lipinski definition) is 1. The SMILES string of the molecule is Cc1sc2ccc(Cc3ccccc3)cc2c1C. The van der Waals surface area contributed by atoms with Crippen LogP contribution in [0, 0.1) is 13.8 Å². The van der Waals surface area contributed by atoms with Crippen molar-refractivity contribution in [3.63, 3.8) is 0 Å². The molecule has 0 nitrogen and oxygen atoms in total. The van der Waals surface area contributed by atoms with Crippen LogP contribution in [0.3, 0.4) is 0 Å². The average molecular weight is 252 g/mol. The molecule has 0 radical (unpaired) electrons. The summed E-state index contributed by atoms with van der Waals surface area (Å²) in [4.78, 5) is 1.43. The summed E-state index contributed by atoms with van der Waals surface area (Å²) < 4.78 is 1.40. The van der Waals surface area contributed by atoms with Gasteiger partial charge in [-0.2, -0.15) is 0 Å². The maximum atomic E-state index is 2.35. The second-order valence-electron chi connectivity index (χ2n) is 4.78. The van der Waals surface area contributed by atoms with E-state index >= 15 is 0 Å². The normalized spacial score (nSPS) is 11.0. The molecular formula is C17H16S. The van der Waals surface area contributed by atoms with Crippen molar-refractivity contribution in [1.82, 2.24) is 0 Å². The van der Waals surface area contributed by atoms with Crippen LogP contribution >= 0.6 is 11.3 Å². The molecule has 0 atom stereocenters. The lowest BCUT2D eigenvalue weighted by Crippen LogP contribution is -1.87. The van der Waals surface area contributed by atoms with Gasteiger partial charge < -0.3 is 0 Å². The Hall–Kier alpha value is -1.60. The smallest absolute Gasteiger partial charge is 0.0348 e. The van der Waals surface area contributed by atoms with Crippen LogP contribution < -0.4 is 0 Å². The first-order chi connectivity index (χ1) is 8.74. The van der Waals surface area contributed by atoms with E-state index in [4.69, 9.17) is 0 Å². The molecule has 0 saturated carbocycles. The summed E-state index contributed by atoms with van der Waals surface area (Å²) in [5.41, 5.74) is 4.21. The summed E-state index contributed by atoms with van der Waals surface area (Å²) in [6.07, 6.45) is 1.02. The molecule has 0 spiro atoms. The Morgan fingerprint density at radius 3 is 2.44 bits per heavy atom. The van der Waals surface area contributed by atoms with Crippen molar-refractivity contribution in [3.05, 3.63) is 70.1 Å². The molecule has 0 bridgehead atoms. The van der Waals surface area contributed by atoms with E-state index < -0.39 is 0 Å². The highest BCUT2D eigenvalue weighted by Crippen LogP contribution is 2.31. The topological polar surface area (TPSA) is 0 Å². The third kappa shape index (κ3) is 2.06. The maximum absolute atomic E-state index is 2.35. The Kier molecular flexibility index (Phi) is 2.92. The molecule has 2 aromatic carbocycles. The summed E-state index contributed by atoms with van der Waals surface area (Å²) in [7, 11) is 0. The van der Waals surface area contributed by atoms with Gasteiger partial charge in [0, 0.05) is 9.58 Å². The Bertz CT molecular complexity index is 677. The monoisotopic (exact) mass is 252 g/mol. The van der Waals surface area contributed by atoms with Gasteiger partial charge in [0.15, 0.2) is 0 Å². The van der Waals surface area contributed by atoms with Crippen LogP contribution in [0.15, 0.2) is 48.5 Å². The van der Waals surface area contributed by atoms with Crippen LogP contribution in [0.4, 0.5) is 0 Å². The molecule has 0 aliphatic carbocycles. The molecule has 0 fully saturated rings. The minimum absolute atomic E-state index is 1.02. The molecule has 1 aromatic heterocycles. The van der Waals surface area contributed by atoms with Crippen molar-refractivity contribution in [2.45, 2.75) is 20.3 Å². The fourth-order valence-electron chi connectivity index (χ4n) is 2.33. The van der Waals surface area contributed by atoms with Gasteiger partial charge in [0.05, 0.1) is 0 Å². The van der Waals surface area contributed by atoms with E-state index in [1.807, 2.05) is 11.3 Å². The van der Waals surface area contributed by atoms with Crippen LogP contribution in [-0.2, 0) is 6.42 Å². The molecule has 0 aliphatic heterocycles. The van der Waals surface area contributed by atoms with Crippen LogP contribution in [-0.4, -0.2) is 0 Å². The number of aryl methyl sites for hydroxylation is 2. The number of hydrogen-bond donors (Lipinski definition) is 0. The third-order valence-corrected chi connectivity index (χ3v) is 4.68. The molecule has 0 aliphatic rings. The quantitative estimate of drug-likeness (QED) is 0.594. The number of benzene rings is 2. The van der Waals surface area contributed by atoms with E-state index in [9.17, 15) is 0 Å². The minimum atomic E-state index is 1.02. The van der Waals surface area contributed by atoms with Gasteiger partial charge in [-0.25, -0.2) is 0 Å². The molecule has 0 saturated heterocycles. The van der Waals surface area contributed by atoms with Gasteiger partial charge in [0.25, 0.3) is 0 Å². The molecule has 0 unspecified atom stereocenters. The Labute approximate surface area is 112 Å². The first kappa shape index (κ1) is 11.5. The van der Waals surface area contributed by atoms with Crippen LogP contribution in [0.2, 0.25) is 0 Å². The second-order valence-corrected chi connectivity index (χ2v) is 6.03. The molecule has 0 amide bonds. The van der Waals surface area contributed by atoms with Gasteiger partial charge in [0.1, 0.15) is 0 Å². The highest BCUT2D eigenvalue weighted by Gasteiger charge is 2.05. The summed E-state index contributed by atoms with van der Waals surface area (Å²) in [6.45, 7) is 4.43. The predicted octanol–water partition coefficient (Wildman–Crippen LogP) is 5.11. The molecule has 1 heteroatoms. The Morgan fingerprint density at radius 1 is 0.889 bits per heavy atom. The van der Waals surface area contributed by atoms with E-state index in [0.717, 1.165) is 6.42 Å². The van der Waals surface area contributed by atoms with Crippen LogP contribution in [0.25, 0.3) is 10.1 Å². The Morgan fingerprint density at radius 2 is 1.67 bits per heavy atom. The van der Waals surface area contributed by atoms with Crippen molar-refractivity contribution < 1.29 is 0 Å². The van der Waals surface area contributed by atoms with E-state index in [2.05, 4.69) is 62.4 Å². The Balaban J connectivity index is 2.01. The van der Waals surface area contributed by atoms with Crippen molar-refractivity contribution in [2.75, 3.05) is 0 Å². The van der Waals surface area contributed by atoms with E-state index in [0.29, 0.717) is 0 Å². The summed E-state index contributed by atoms with van der Waals surface area (Å²) in [6, 6.07) is 17.5. The van der Waals surface area contributed by atoms with Gasteiger partial charge in [-0.15, -0.1) is 11.3 Å². The lowest BCUT2D eigenvalue weighted by Gasteiger charge is -2.02. The van der Waals surface area contributed by atoms with Gasteiger partial charge in [-0.1, -0.05) is 36.4 Å². The van der Waals surface area contributed by atoms with Crippen molar-refractivity contribution in [2.24, 2.45) is 0 Å². The van der Waals surface area contributed by atoms with Gasteiger partial charge in [-0.3, -0.25) is 0 Å². The molecule has 90 valence electrons. The molecule has 1 heterocycles. The highest BCUT2D eigenvalue weighted by molar-refractivity contribution is 7.19. The number of fused-ring (bicyclic) bond motifs is 1. The van der Waals surface area contributed by atoms with Crippen molar-refractivity contribution >= 4 is 21.4 Å². The molecule has 3 aromatic rings. The third-order valence-electron chi connectivity index (χ3n) is 3.49. The number of rotatable bonds is 2. The average Bonchev–Trinajstić information content (AvgIpc) is 2.67. The zero-order valence-electron chi connectivity index (χ0n) is 10.7. The lowest BCUT2D eigenvalue weighted by atomic mass is 10.0. The summed E-state index contributed by atoms with van der Waals surface area (Å²) in [5.74, 6) is 0. The van der Waals surface area contributed by atoms with E-state index in [1.54, 1.807) is 0 Å². The van der Waals surface area contributed by atoms with Gasteiger partial charge in [0.2, 0.25) is 0 Å². The van der Waals surface area contributed by atoms with Gasteiger partial charge in [-0.05, 0) is 54.5 Å². The van der Waals surface area contributed by atoms with Crippen molar-refractivity contribution in [3.8, 4) is 0 Å². The number of thiophene rings is 1. The maximum Gasteiger partial charge on any atom is 0.0348 e. The second kappa shape index (κ2) is 4.58. The zero-order valence-corrected chi connectivity index (χ0v) is 11.6. The first-order valence-electron chi connectivity index (χ1n) is 6.26. The highest BCUT2D eigenvalue weighted by atomic mass is 32.1. The molecule has 18 heavy (non-hydrogen) atoms. The first-order valence-corrected chi connectivity index (χ1v) is 7.08. The largest absolute Gasteiger partial charge is 0.140 e. The lowest BCUT2D eigenvalue weighted by molar-refractivity contribution is 1.20. The summed E-state index contributed by atoms with van der Waals surface area (Å²) in [5, 5.41) is 1.42.